The average molecular weight is 338 g/mol. The van der Waals surface area contributed by atoms with Gasteiger partial charge >= 0.3 is 6.61 Å². The van der Waals surface area contributed by atoms with Gasteiger partial charge in [0, 0.05) is 11.8 Å². The molecule has 0 fully saturated rings. The van der Waals surface area contributed by atoms with Crippen LogP contribution in [-0.4, -0.2) is 12.5 Å². The van der Waals surface area contributed by atoms with Gasteiger partial charge in [-0.05, 0) is 36.8 Å². The minimum absolute atomic E-state index is 0.00869. The second-order valence-electron chi connectivity index (χ2n) is 4.76. The molecule has 0 aliphatic rings. The van der Waals surface area contributed by atoms with Crippen molar-refractivity contribution < 1.29 is 18.3 Å². The van der Waals surface area contributed by atoms with Crippen LogP contribution in [0.5, 0.6) is 5.75 Å². The molecule has 0 saturated heterocycles. The van der Waals surface area contributed by atoms with Crippen molar-refractivity contribution >= 4 is 29.3 Å². The first-order valence-electron chi connectivity index (χ1n) is 6.74. The highest BCUT2D eigenvalue weighted by Crippen LogP contribution is 2.28. The molecule has 23 heavy (non-hydrogen) atoms. The summed E-state index contributed by atoms with van der Waals surface area (Å²) in [5, 5.41) is 2.58. The summed E-state index contributed by atoms with van der Waals surface area (Å²) < 4.78 is 28.5. The normalized spacial score (nSPS) is 11.0. The molecule has 120 valence electrons. The van der Waals surface area contributed by atoms with E-state index in [2.05, 4.69) is 10.1 Å². The van der Waals surface area contributed by atoms with E-state index in [1.165, 1.54) is 24.3 Å². The summed E-state index contributed by atoms with van der Waals surface area (Å²) in [6.07, 6.45) is 3.05. The number of amides is 1. The Morgan fingerprint density at radius 2 is 1.91 bits per heavy atom. The van der Waals surface area contributed by atoms with Crippen molar-refractivity contribution in [1.29, 1.82) is 0 Å². The monoisotopic (exact) mass is 337 g/mol. The van der Waals surface area contributed by atoms with Gasteiger partial charge in [0.25, 0.3) is 0 Å². The third-order valence-corrected chi connectivity index (χ3v) is 3.22. The summed E-state index contributed by atoms with van der Waals surface area (Å²) in [5.74, 6) is -0.501. The van der Waals surface area contributed by atoms with Crippen LogP contribution in [0.1, 0.15) is 11.1 Å². The maximum atomic E-state index is 12.1. The molecule has 1 N–H and O–H groups in total. The number of carbonyl (C=O) groups is 1. The molecule has 0 atom stereocenters. The fourth-order valence-corrected chi connectivity index (χ4v) is 2.03. The van der Waals surface area contributed by atoms with Crippen molar-refractivity contribution in [3.05, 3.63) is 64.7 Å². The zero-order chi connectivity index (χ0) is 16.8. The first kappa shape index (κ1) is 17.0. The number of anilines is 1. The Kier molecular flexibility index (Phi) is 5.71. The third-order valence-electron chi connectivity index (χ3n) is 2.92. The Bertz CT molecular complexity index is 715. The molecule has 2 rings (SSSR count). The second kappa shape index (κ2) is 7.74. The van der Waals surface area contributed by atoms with Crippen LogP contribution in [0.4, 0.5) is 14.5 Å². The van der Waals surface area contributed by atoms with Crippen molar-refractivity contribution in [3.63, 3.8) is 0 Å². The van der Waals surface area contributed by atoms with Gasteiger partial charge in [-0.1, -0.05) is 41.4 Å². The summed E-state index contributed by atoms with van der Waals surface area (Å²) >= 11 is 5.82. The summed E-state index contributed by atoms with van der Waals surface area (Å²) in [7, 11) is 0. The van der Waals surface area contributed by atoms with E-state index in [4.69, 9.17) is 11.6 Å². The standard InChI is InChI=1S/C17H14ClF2NO2/c1-11-2-4-12(5-3-11)6-9-16(22)21-13-7-8-15(14(18)10-13)23-17(19)20/h2-10,17H,1H3,(H,21,22)/b9-6+. The van der Waals surface area contributed by atoms with E-state index in [1.807, 2.05) is 31.2 Å². The highest BCUT2D eigenvalue weighted by Gasteiger charge is 2.09. The third kappa shape index (κ3) is 5.38. The van der Waals surface area contributed by atoms with E-state index >= 15 is 0 Å². The van der Waals surface area contributed by atoms with Gasteiger partial charge < -0.3 is 10.1 Å². The first-order valence-corrected chi connectivity index (χ1v) is 7.12. The van der Waals surface area contributed by atoms with Gasteiger partial charge in [-0.2, -0.15) is 8.78 Å². The quantitative estimate of drug-likeness (QED) is 0.788. The Hall–Kier alpha value is -2.40. The maximum absolute atomic E-state index is 12.1. The molecule has 0 aliphatic heterocycles. The zero-order valence-electron chi connectivity index (χ0n) is 12.2. The fraction of sp³-hybridized carbons (Fsp3) is 0.118. The molecule has 0 aliphatic carbocycles. The Morgan fingerprint density at radius 1 is 1.22 bits per heavy atom. The molecule has 0 heterocycles. The van der Waals surface area contributed by atoms with Gasteiger partial charge in [-0.3, -0.25) is 4.79 Å². The van der Waals surface area contributed by atoms with Crippen LogP contribution < -0.4 is 10.1 Å². The van der Waals surface area contributed by atoms with Gasteiger partial charge in [-0.15, -0.1) is 0 Å². The highest BCUT2D eigenvalue weighted by molar-refractivity contribution is 6.32. The molecule has 1 amide bonds. The lowest BCUT2D eigenvalue weighted by Gasteiger charge is -2.08. The number of hydrogen-bond acceptors (Lipinski definition) is 2. The molecule has 0 bridgehead atoms. The zero-order valence-corrected chi connectivity index (χ0v) is 13.0. The van der Waals surface area contributed by atoms with Crippen molar-refractivity contribution in [2.75, 3.05) is 5.32 Å². The predicted octanol–water partition coefficient (Wildman–Crippen LogP) is 4.90. The number of hydrogen-bond donors (Lipinski definition) is 1. The summed E-state index contributed by atoms with van der Waals surface area (Å²) in [6.45, 7) is -0.976. The summed E-state index contributed by atoms with van der Waals surface area (Å²) in [4.78, 5) is 11.8. The number of benzene rings is 2. The van der Waals surface area contributed by atoms with E-state index in [9.17, 15) is 13.6 Å². The second-order valence-corrected chi connectivity index (χ2v) is 5.16. The van der Waals surface area contributed by atoms with Crippen molar-refractivity contribution in [3.8, 4) is 5.75 Å². The number of rotatable bonds is 5. The first-order chi connectivity index (χ1) is 10.9. The molecular formula is C17H14ClF2NO2. The molecule has 0 aromatic heterocycles. The van der Waals surface area contributed by atoms with E-state index in [1.54, 1.807) is 6.08 Å². The van der Waals surface area contributed by atoms with Crippen LogP contribution in [0.2, 0.25) is 5.02 Å². The maximum Gasteiger partial charge on any atom is 0.387 e. The lowest BCUT2D eigenvalue weighted by molar-refractivity contribution is -0.111. The number of halogens is 3. The molecular weight excluding hydrogens is 324 g/mol. The topological polar surface area (TPSA) is 38.3 Å². The van der Waals surface area contributed by atoms with Crippen LogP contribution in [0.15, 0.2) is 48.5 Å². The molecule has 2 aromatic rings. The summed E-state index contributed by atoms with van der Waals surface area (Å²) in [6, 6.07) is 11.7. The minimum atomic E-state index is -2.95. The van der Waals surface area contributed by atoms with Crippen LogP contribution in [0.25, 0.3) is 6.08 Å². The SMILES string of the molecule is Cc1ccc(/C=C/C(=O)Nc2ccc(OC(F)F)c(Cl)c2)cc1. The summed E-state index contributed by atoms with van der Waals surface area (Å²) in [5.41, 5.74) is 2.41. The Morgan fingerprint density at radius 3 is 2.52 bits per heavy atom. The van der Waals surface area contributed by atoms with Gasteiger partial charge in [0.05, 0.1) is 5.02 Å². The average Bonchev–Trinajstić information content (AvgIpc) is 2.49. The molecule has 2 aromatic carbocycles. The molecule has 0 saturated carbocycles. The Balaban J connectivity index is 1.99. The van der Waals surface area contributed by atoms with Gasteiger partial charge in [0.2, 0.25) is 5.91 Å². The van der Waals surface area contributed by atoms with E-state index in [0.717, 1.165) is 11.1 Å². The lowest BCUT2D eigenvalue weighted by Crippen LogP contribution is -2.08. The number of ether oxygens (including phenoxy) is 1. The number of nitrogens with one attached hydrogen (secondary N) is 1. The lowest BCUT2D eigenvalue weighted by atomic mass is 10.1. The van der Waals surface area contributed by atoms with Gasteiger partial charge in [0.15, 0.2) is 0 Å². The van der Waals surface area contributed by atoms with Crippen molar-refractivity contribution in [1.82, 2.24) is 0 Å². The Labute approximate surface area is 137 Å². The predicted molar refractivity (Wildman–Crippen MR) is 86.9 cm³/mol. The van der Waals surface area contributed by atoms with Crippen LogP contribution >= 0.6 is 11.6 Å². The largest absolute Gasteiger partial charge is 0.433 e. The van der Waals surface area contributed by atoms with Crippen LogP contribution in [-0.2, 0) is 4.79 Å². The smallest absolute Gasteiger partial charge is 0.387 e. The van der Waals surface area contributed by atoms with Gasteiger partial charge in [-0.25, -0.2) is 0 Å². The minimum Gasteiger partial charge on any atom is -0.433 e. The number of alkyl halides is 2. The van der Waals surface area contributed by atoms with Crippen LogP contribution in [0.3, 0.4) is 0 Å². The van der Waals surface area contributed by atoms with E-state index in [-0.39, 0.29) is 16.7 Å². The van der Waals surface area contributed by atoms with Crippen LogP contribution in [0, 0.1) is 6.92 Å². The highest BCUT2D eigenvalue weighted by atomic mass is 35.5. The molecule has 0 unspecified atom stereocenters. The molecule has 0 radical (unpaired) electrons. The molecule has 0 spiro atoms. The van der Waals surface area contributed by atoms with E-state index in [0.29, 0.717) is 5.69 Å². The van der Waals surface area contributed by atoms with Gasteiger partial charge in [0.1, 0.15) is 5.75 Å². The van der Waals surface area contributed by atoms with Crippen molar-refractivity contribution in [2.24, 2.45) is 0 Å². The molecule has 3 nitrogen and oxygen atoms in total. The number of carbonyl (C=O) groups excluding carboxylic acids is 1. The number of aryl methyl sites for hydroxylation is 1. The fourth-order valence-electron chi connectivity index (χ4n) is 1.80. The molecule has 6 heteroatoms. The van der Waals surface area contributed by atoms with E-state index < -0.39 is 6.61 Å². The van der Waals surface area contributed by atoms with Crippen molar-refractivity contribution in [2.45, 2.75) is 13.5 Å².